The summed E-state index contributed by atoms with van der Waals surface area (Å²) in [6.45, 7) is 4.41. The van der Waals surface area contributed by atoms with Crippen LogP contribution < -0.4 is 4.57 Å². The van der Waals surface area contributed by atoms with Crippen molar-refractivity contribution in [2.24, 2.45) is 0 Å². The van der Waals surface area contributed by atoms with Crippen molar-refractivity contribution in [3.63, 3.8) is 0 Å². The van der Waals surface area contributed by atoms with E-state index in [0.717, 1.165) is 12.1 Å². The van der Waals surface area contributed by atoms with Crippen molar-refractivity contribution in [1.82, 2.24) is 4.98 Å². The van der Waals surface area contributed by atoms with Crippen LogP contribution in [0.15, 0.2) is 36.7 Å². The molecule has 0 aliphatic heterocycles. The average molecular weight is 390 g/mol. The monoisotopic (exact) mass is 389 g/mol. The van der Waals surface area contributed by atoms with Gasteiger partial charge in [-0.1, -0.05) is 63.3 Å². The van der Waals surface area contributed by atoms with Crippen LogP contribution in [-0.4, -0.2) is 4.98 Å². The van der Waals surface area contributed by atoms with E-state index in [0.29, 0.717) is 10.3 Å². The minimum atomic E-state index is 0.477. The van der Waals surface area contributed by atoms with Crippen molar-refractivity contribution < 1.29 is 4.57 Å². The van der Waals surface area contributed by atoms with Gasteiger partial charge >= 0.3 is 0 Å². The fraction of sp³-hybridized carbons (Fsp3) is 0.409. The van der Waals surface area contributed by atoms with Gasteiger partial charge in [0.1, 0.15) is 5.69 Å². The number of unbranched alkanes of at least 4 members (excludes halogenated alkanes) is 5. The molecule has 0 saturated carbocycles. The molecule has 3 aromatic rings. The first kappa shape index (κ1) is 19.3. The molecule has 2 aromatic carbocycles. The molecule has 0 bridgehead atoms. The zero-order valence-corrected chi connectivity index (χ0v) is 17.1. The van der Waals surface area contributed by atoms with Crippen LogP contribution in [-0.2, 0) is 6.42 Å². The Hall–Kier alpha value is -1.51. The molecule has 26 heavy (non-hydrogen) atoms. The van der Waals surface area contributed by atoms with E-state index in [1.54, 1.807) is 0 Å². The Labute approximate surface area is 166 Å². The number of H-pyrrole nitrogens is 1. The van der Waals surface area contributed by atoms with Gasteiger partial charge in [0.15, 0.2) is 0 Å². The number of nitrogens with one attached hydrogen (secondary N) is 1. The summed E-state index contributed by atoms with van der Waals surface area (Å²) in [5.41, 5.74) is 3.73. The number of halogens is 2. The first-order valence-electron chi connectivity index (χ1n) is 9.59. The second-order valence-corrected chi connectivity index (χ2v) is 7.74. The Kier molecular flexibility index (Phi) is 6.61. The largest absolute Gasteiger partial charge is 0.260 e. The van der Waals surface area contributed by atoms with Gasteiger partial charge < -0.3 is 0 Å². The predicted molar refractivity (Wildman–Crippen MR) is 112 cm³/mol. The highest BCUT2D eigenvalue weighted by Gasteiger charge is 2.22. The van der Waals surface area contributed by atoms with Crippen molar-refractivity contribution in [2.45, 2.75) is 58.8 Å². The third-order valence-electron chi connectivity index (χ3n) is 5.05. The van der Waals surface area contributed by atoms with Crippen LogP contribution in [0.2, 0.25) is 10.3 Å². The van der Waals surface area contributed by atoms with Crippen LogP contribution in [0.5, 0.6) is 0 Å². The van der Waals surface area contributed by atoms with E-state index in [2.05, 4.69) is 49.2 Å². The molecule has 1 aromatic heterocycles. The fourth-order valence-electron chi connectivity index (χ4n) is 3.74. The topological polar surface area (TPSA) is 19.7 Å². The normalized spacial score (nSPS) is 11.4. The smallest absolute Gasteiger partial charge is 0.232 e. The van der Waals surface area contributed by atoms with E-state index in [9.17, 15) is 0 Å². The van der Waals surface area contributed by atoms with Crippen LogP contribution in [0.3, 0.4) is 0 Å². The van der Waals surface area contributed by atoms with Crippen LogP contribution in [0, 0.1) is 6.92 Å². The summed E-state index contributed by atoms with van der Waals surface area (Å²) < 4.78 is 1.98. The fourth-order valence-corrected chi connectivity index (χ4v) is 4.07. The number of benzene rings is 2. The van der Waals surface area contributed by atoms with E-state index >= 15 is 0 Å². The molecule has 3 rings (SSSR count). The second kappa shape index (κ2) is 8.92. The Bertz CT molecular complexity index is 883. The van der Waals surface area contributed by atoms with Crippen molar-refractivity contribution in [3.05, 3.63) is 58.1 Å². The molecule has 1 heterocycles. The molecule has 0 fully saturated rings. The summed E-state index contributed by atoms with van der Waals surface area (Å²) in [4.78, 5) is 3.02. The van der Waals surface area contributed by atoms with Gasteiger partial charge in [0.25, 0.3) is 10.3 Å². The van der Waals surface area contributed by atoms with E-state index in [1.807, 2.05) is 10.9 Å². The lowest BCUT2D eigenvalue weighted by atomic mass is 9.94. The highest BCUT2D eigenvalue weighted by molar-refractivity contribution is 6.39. The summed E-state index contributed by atoms with van der Waals surface area (Å²) in [5.74, 6) is 0. The van der Waals surface area contributed by atoms with Gasteiger partial charge in [-0.3, -0.25) is 0 Å². The molecule has 0 saturated heterocycles. The maximum Gasteiger partial charge on any atom is 0.260 e. The molecule has 2 nitrogen and oxygen atoms in total. The first-order valence-corrected chi connectivity index (χ1v) is 10.3. The molecule has 0 aliphatic carbocycles. The van der Waals surface area contributed by atoms with Gasteiger partial charge in [-0.15, -0.1) is 0 Å². The van der Waals surface area contributed by atoms with Crippen molar-refractivity contribution in [2.75, 3.05) is 0 Å². The molecular formula is C22H27Cl2N2+. The third kappa shape index (κ3) is 4.07. The summed E-state index contributed by atoms with van der Waals surface area (Å²) in [7, 11) is 0. The van der Waals surface area contributed by atoms with E-state index in [-0.39, 0.29) is 0 Å². The summed E-state index contributed by atoms with van der Waals surface area (Å²) in [6, 6.07) is 10.9. The number of aryl methyl sites for hydroxylation is 2. The molecule has 138 valence electrons. The number of hydrogen-bond acceptors (Lipinski definition) is 0. The molecule has 4 heteroatoms. The minimum Gasteiger partial charge on any atom is -0.232 e. The van der Waals surface area contributed by atoms with Crippen LogP contribution in [0.1, 0.15) is 56.6 Å². The maximum absolute atomic E-state index is 6.46. The average Bonchev–Trinajstić information content (AvgIpc) is 2.96. The van der Waals surface area contributed by atoms with Gasteiger partial charge in [-0.05, 0) is 65.4 Å². The van der Waals surface area contributed by atoms with Crippen LogP contribution >= 0.6 is 23.2 Å². The molecule has 0 unspecified atom stereocenters. The van der Waals surface area contributed by atoms with Gasteiger partial charge in [0, 0.05) is 5.56 Å². The number of hydrogen-bond donors (Lipinski definition) is 1. The lowest BCUT2D eigenvalue weighted by Gasteiger charge is -2.14. The molecule has 0 radical (unpaired) electrons. The Morgan fingerprint density at radius 2 is 1.73 bits per heavy atom. The lowest BCUT2D eigenvalue weighted by molar-refractivity contribution is -0.592. The molecule has 1 N–H and O–H groups in total. The van der Waals surface area contributed by atoms with E-state index in [4.69, 9.17) is 23.2 Å². The summed E-state index contributed by atoms with van der Waals surface area (Å²) >= 11 is 12.6. The zero-order chi connectivity index (χ0) is 18.5. The van der Waals surface area contributed by atoms with Crippen molar-refractivity contribution >= 4 is 34.0 Å². The highest BCUT2D eigenvalue weighted by Crippen LogP contribution is 2.29. The Morgan fingerprint density at radius 1 is 1.00 bits per heavy atom. The minimum absolute atomic E-state index is 0.477. The maximum atomic E-state index is 6.46. The van der Waals surface area contributed by atoms with E-state index < -0.39 is 0 Å². The Balaban J connectivity index is 1.97. The summed E-state index contributed by atoms with van der Waals surface area (Å²) in [6.07, 6.45) is 10.7. The Morgan fingerprint density at radius 3 is 2.46 bits per heavy atom. The van der Waals surface area contributed by atoms with Gasteiger partial charge in [-0.2, -0.15) is 4.57 Å². The van der Waals surface area contributed by atoms with Crippen molar-refractivity contribution in [3.8, 4) is 5.69 Å². The quantitative estimate of drug-likeness (QED) is 0.317. The zero-order valence-electron chi connectivity index (χ0n) is 15.6. The van der Waals surface area contributed by atoms with Gasteiger partial charge in [-0.25, -0.2) is 4.98 Å². The number of aromatic nitrogens is 2. The molecule has 0 spiro atoms. The van der Waals surface area contributed by atoms with Crippen LogP contribution in [0.4, 0.5) is 0 Å². The molecule has 0 aliphatic rings. The number of aromatic amines is 1. The molecule has 0 amide bonds. The predicted octanol–water partition coefficient (Wildman–Crippen LogP) is 6.96. The molecule has 0 atom stereocenters. The number of nitrogens with zero attached hydrogens (tertiary/aromatic N) is 1. The third-order valence-corrected chi connectivity index (χ3v) is 5.81. The van der Waals surface area contributed by atoms with E-state index in [1.165, 1.54) is 60.4 Å². The second-order valence-electron chi connectivity index (χ2n) is 7.01. The van der Waals surface area contributed by atoms with Gasteiger partial charge in [0.05, 0.1) is 0 Å². The number of rotatable bonds is 8. The van der Waals surface area contributed by atoms with Crippen molar-refractivity contribution in [1.29, 1.82) is 0 Å². The van der Waals surface area contributed by atoms with Gasteiger partial charge in [0.2, 0.25) is 6.33 Å². The number of fused-ring (bicyclic) bond motifs is 1. The lowest BCUT2D eigenvalue weighted by Crippen LogP contribution is -2.32. The van der Waals surface area contributed by atoms with Crippen LogP contribution in [0.25, 0.3) is 16.5 Å². The first-order chi connectivity index (χ1) is 12.6. The summed E-state index contributed by atoms with van der Waals surface area (Å²) in [5, 5.41) is 3.61. The highest BCUT2D eigenvalue weighted by atomic mass is 35.5. The number of imidazole rings is 1. The SMILES string of the molecule is CCCCCCCCc1c(-[n+]2c[nH]c(Cl)c2Cl)c(C)cc2ccccc12. The standard InChI is InChI=1S/C22H26Cl2N2/c1-3-4-5-6-7-8-13-19-18-12-10-9-11-17(18)14-16(2)20(19)26-15-25-21(23)22(26)24/h9-12,14-15H,3-8,13H2,1-2H3/p+1. The molecular weight excluding hydrogens is 363 g/mol.